The molecule has 2 N–H and O–H groups in total. The molecule has 0 saturated heterocycles. The van der Waals surface area contributed by atoms with Gasteiger partial charge >= 0.3 is 5.97 Å². The molecule has 0 aromatic heterocycles. The third-order valence-electron chi connectivity index (χ3n) is 4.36. The normalized spacial score (nSPS) is 12.5. The molecule has 0 aliphatic rings. The fourth-order valence-electron chi connectivity index (χ4n) is 2.55. The third kappa shape index (κ3) is 6.02. The van der Waals surface area contributed by atoms with E-state index in [1.165, 1.54) is 7.11 Å². The number of nitrogens with one attached hydrogen (secondary N) is 2. The zero-order valence-electron chi connectivity index (χ0n) is 14.5. The van der Waals surface area contributed by atoms with Crippen molar-refractivity contribution in [3.8, 4) is 0 Å². The minimum absolute atomic E-state index is 0.0521. The molecule has 1 rings (SSSR count). The van der Waals surface area contributed by atoms with Crippen molar-refractivity contribution >= 4 is 11.9 Å². The lowest BCUT2D eigenvalue weighted by molar-refractivity contribution is -0.142. The highest BCUT2D eigenvalue weighted by Gasteiger charge is 2.29. The van der Waals surface area contributed by atoms with Gasteiger partial charge < -0.3 is 15.4 Å². The zero-order valence-corrected chi connectivity index (χ0v) is 14.5. The molecule has 0 spiro atoms. The van der Waals surface area contributed by atoms with Crippen LogP contribution < -0.4 is 10.6 Å². The molecule has 0 heterocycles. The summed E-state index contributed by atoms with van der Waals surface area (Å²) in [4.78, 5) is 23.8. The van der Waals surface area contributed by atoms with Crippen LogP contribution in [0.3, 0.4) is 0 Å². The summed E-state index contributed by atoms with van der Waals surface area (Å²) < 4.78 is 4.76. The molecule has 128 valence electrons. The standard InChI is InChI=1S/C18H28N2O3/c1-5-18(6-2,12-17(22)23-4)19-13-16(21)20-14(3)15-10-8-7-9-11-15/h7-11,14,19H,5-6,12-13H2,1-4H3,(H,20,21)/t14-/m1/s1. The van der Waals surface area contributed by atoms with Gasteiger partial charge in [-0.1, -0.05) is 44.2 Å². The molecule has 1 atom stereocenters. The van der Waals surface area contributed by atoms with Gasteiger partial charge in [-0.05, 0) is 25.3 Å². The van der Waals surface area contributed by atoms with Crippen molar-refractivity contribution in [3.63, 3.8) is 0 Å². The molecule has 5 heteroatoms. The second-order valence-corrected chi connectivity index (χ2v) is 5.79. The summed E-state index contributed by atoms with van der Waals surface area (Å²) in [6, 6.07) is 9.76. The van der Waals surface area contributed by atoms with Crippen molar-refractivity contribution in [1.29, 1.82) is 0 Å². The maximum atomic E-state index is 12.2. The summed E-state index contributed by atoms with van der Waals surface area (Å²) in [5.74, 6) is -0.350. The van der Waals surface area contributed by atoms with Crippen LogP contribution in [-0.4, -0.2) is 31.1 Å². The Bertz CT molecular complexity index is 498. The van der Waals surface area contributed by atoms with E-state index >= 15 is 0 Å². The fraction of sp³-hybridized carbons (Fsp3) is 0.556. The molecular weight excluding hydrogens is 292 g/mol. The number of hydrogen-bond acceptors (Lipinski definition) is 4. The van der Waals surface area contributed by atoms with E-state index in [4.69, 9.17) is 4.74 Å². The van der Waals surface area contributed by atoms with Gasteiger partial charge in [0.25, 0.3) is 0 Å². The van der Waals surface area contributed by atoms with Crippen LogP contribution in [0.15, 0.2) is 30.3 Å². The van der Waals surface area contributed by atoms with E-state index in [0.29, 0.717) is 0 Å². The highest BCUT2D eigenvalue weighted by molar-refractivity contribution is 5.78. The summed E-state index contributed by atoms with van der Waals surface area (Å²) in [7, 11) is 1.38. The van der Waals surface area contributed by atoms with Crippen LogP contribution in [0.25, 0.3) is 0 Å². The number of rotatable bonds is 9. The first-order valence-corrected chi connectivity index (χ1v) is 8.12. The maximum absolute atomic E-state index is 12.2. The van der Waals surface area contributed by atoms with Gasteiger partial charge in [0.15, 0.2) is 0 Å². The van der Waals surface area contributed by atoms with Crippen molar-refractivity contribution in [2.75, 3.05) is 13.7 Å². The van der Waals surface area contributed by atoms with Crippen LogP contribution >= 0.6 is 0 Å². The van der Waals surface area contributed by atoms with Crippen LogP contribution in [0.4, 0.5) is 0 Å². The van der Waals surface area contributed by atoms with Crippen LogP contribution in [-0.2, 0) is 14.3 Å². The fourth-order valence-corrected chi connectivity index (χ4v) is 2.55. The lowest BCUT2D eigenvalue weighted by Gasteiger charge is -2.32. The van der Waals surface area contributed by atoms with Crippen molar-refractivity contribution in [2.45, 2.75) is 51.6 Å². The number of benzene rings is 1. The van der Waals surface area contributed by atoms with E-state index in [1.54, 1.807) is 0 Å². The number of amides is 1. The Kier molecular flexibility index (Phi) is 7.75. The SMILES string of the molecule is CCC(CC)(CC(=O)OC)NCC(=O)N[C@H](C)c1ccccc1. The second-order valence-electron chi connectivity index (χ2n) is 5.79. The van der Waals surface area contributed by atoms with Crippen LogP contribution in [0.5, 0.6) is 0 Å². The number of ether oxygens (including phenoxy) is 1. The molecule has 0 radical (unpaired) electrons. The van der Waals surface area contributed by atoms with E-state index in [9.17, 15) is 9.59 Å². The number of methoxy groups -OCH3 is 1. The molecule has 23 heavy (non-hydrogen) atoms. The maximum Gasteiger partial charge on any atom is 0.307 e. The van der Waals surface area contributed by atoms with Gasteiger partial charge in [-0.25, -0.2) is 0 Å². The van der Waals surface area contributed by atoms with E-state index in [2.05, 4.69) is 10.6 Å². The summed E-state index contributed by atoms with van der Waals surface area (Å²) in [5.41, 5.74) is 0.660. The van der Waals surface area contributed by atoms with Crippen molar-refractivity contribution in [2.24, 2.45) is 0 Å². The molecule has 1 amide bonds. The van der Waals surface area contributed by atoms with Gasteiger partial charge in [-0.3, -0.25) is 9.59 Å². The van der Waals surface area contributed by atoms with Gasteiger partial charge in [0, 0.05) is 5.54 Å². The Morgan fingerprint density at radius 1 is 1.17 bits per heavy atom. The summed E-state index contributed by atoms with van der Waals surface area (Å²) in [5, 5.41) is 6.21. The molecule has 5 nitrogen and oxygen atoms in total. The van der Waals surface area contributed by atoms with E-state index in [1.807, 2.05) is 51.1 Å². The number of esters is 1. The van der Waals surface area contributed by atoms with Crippen LogP contribution in [0.1, 0.15) is 51.6 Å². The molecule has 1 aromatic carbocycles. The molecule has 0 aliphatic heterocycles. The predicted molar refractivity (Wildman–Crippen MR) is 90.9 cm³/mol. The predicted octanol–water partition coefficient (Wildman–Crippen LogP) is 2.58. The number of carbonyl (C=O) groups is 2. The largest absolute Gasteiger partial charge is 0.469 e. The number of hydrogen-bond donors (Lipinski definition) is 2. The van der Waals surface area contributed by atoms with E-state index < -0.39 is 5.54 Å². The van der Waals surface area contributed by atoms with Crippen LogP contribution in [0.2, 0.25) is 0 Å². The average molecular weight is 320 g/mol. The van der Waals surface area contributed by atoms with Gasteiger partial charge in [0.2, 0.25) is 5.91 Å². The third-order valence-corrected chi connectivity index (χ3v) is 4.36. The minimum atomic E-state index is -0.402. The molecule has 0 fully saturated rings. The average Bonchev–Trinajstić information content (AvgIpc) is 2.59. The minimum Gasteiger partial charge on any atom is -0.469 e. The monoisotopic (exact) mass is 320 g/mol. The van der Waals surface area contributed by atoms with Gasteiger partial charge in [0.05, 0.1) is 26.1 Å². The molecular formula is C18H28N2O3. The summed E-state index contributed by atoms with van der Waals surface area (Å²) in [6.45, 7) is 6.14. The highest BCUT2D eigenvalue weighted by Crippen LogP contribution is 2.20. The Balaban J connectivity index is 2.57. The molecule has 0 unspecified atom stereocenters. The van der Waals surface area contributed by atoms with Crippen LogP contribution in [0, 0.1) is 0 Å². The van der Waals surface area contributed by atoms with Gasteiger partial charge in [-0.2, -0.15) is 0 Å². The highest BCUT2D eigenvalue weighted by atomic mass is 16.5. The Morgan fingerprint density at radius 3 is 2.30 bits per heavy atom. The van der Waals surface area contributed by atoms with Crippen molar-refractivity contribution in [3.05, 3.63) is 35.9 Å². The Hall–Kier alpha value is -1.88. The van der Waals surface area contributed by atoms with Gasteiger partial charge in [0.1, 0.15) is 0 Å². The summed E-state index contributed by atoms with van der Waals surface area (Å²) >= 11 is 0. The quantitative estimate of drug-likeness (QED) is 0.686. The molecule has 0 saturated carbocycles. The van der Waals surface area contributed by atoms with E-state index in [-0.39, 0.29) is 30.9 Å². The van der Waals surface area contributed by atoms with Gasteiger partial charge in [-0.15, -0.1) is 0 Å². The first-order chi connectivity index (χ1) is 11.0. The zero-order chi connectivity index (χ0) is 17.3. The molecule has 1 aromatic rings. The van der Waals surface area contributed by atoms with Crippen molar-refractivity contribution < 1.29 is 14.3 Å². The first kappa shape index (κ1) is 19.2. The van der Waals surface area contributed by atoms with E-state index in [0.717, 1.165) is 18.4 Å². The van der Waals surface area contributed by atoms with Crippen molar-refractivity contribution in [1.82, 2.24) is 10.6 Å². The molecule has 0 aliphatic carbocycles. The topological polar surface area (TPSA) is 67.4 Å². The second kappa shape index (κ2) is 9.30. The number of carbonyl (C=O) groups excluding carboxylic acids is 2. The Labute approximate surface area is 138 Å². The molecule has 0 bridgehead atoms. The summed E-state index contributed by atoms with van der Waals surface area (Å²) in [6.07, 6.45) is 1.76. The smallest absolute Gasteiger partial charge is 0.307 e. The lowest BCUT2D eigenvalue weighted by atomic mass is 9.89. The first-order valence-electron chi connectivity index (χ1n) is 8.12. The lowest BCUT2D eigenvalue weighted by Crippen LogP contribution is -2.50. The Morgan fingerprint density at radius 2 is 1.78 bits per heavy atom.